The van der Waals surface area contributed by atoms with Crippen LogP contribution in [0.15, 0.2) is 66.7 Å². The summed E-state index contributed by atoms with van der Waals surface area (Å²) in [6, 6.07) is 20.3. The Morgan fingerprint density at radius 2 is 1.50 bits per heavy atom. The van der Waals surface area contributed by atoms with Crippen molar-refractivity contribution in [2.75, 3.05) is 0 Å². The lowest BCUT2D eigenvalue weighted by molar-refractivity contribution is 0.633. The molecule has 0 aliphatic carbocycles. The van der Waals surface area contributed by atoms with Crippen LogP contribution in [0.5, 0.6) is 0 Å². The molecule has 0 heteroatoms. The quantitative estimate of drug-likeness (QED) is 0.272. The Kier molecular flexibility index (Phi) is 3.98. The van der Waals surface area contributed by atoms with E-state index < -0.39 is 0 Å². The third-order valence-electron chi connectivity index (χ3n) is 5.17. The molecule has 0 N–H and O–H groups in total. The van der Waals surface area contributed by atoms with E-state index in [0.717, 1.165) is 6.42 Å². The molecule has 120 valence electrons. The Morgan fingerprint density at radius 1 is 0.833 bits per heavy atom. The van der Waals surface area contributed by atoms with Crippen molar-refractivity contribution in [3.05, 3.63) is 72.3 Å². The summed E-state index contributed by atoms with van der Waals surface area (Å²) in [6.45, 7) is 4.56. The van der Waals surface area contributed by atoms with Gasteiger partial charge in [0.2, 0.25) is 0 Å². The number of hydrogen-bond donors (Lipinski definition) is 0. The van der Waals surface area contributed by atoms with Gasteiger partial charge in [0.15, 0.2) is 0 Å². The van der Waals surface area contributed by atoms with Crippen LogP contribution in [0.3, 0.4) is 0 Å². The second-order valence-electron chi connectivity index (χ2n) is 6.98. The van der Waals surface area contributed by atoms with E-state index >= 15 is 0 Å². The number of rotatable bonds is 5. The van der Waals surface area contributed by atoms with Crippen LogP contribution in [-0.4, -0.2) is 0 Å². The van der Waals surface area contributed by atoms with Crippen LogP contribution in [0.4, 0.5) is 0 Å². The number of benzene rings is 4. The lowest BCUT2D eigenvalue weighted by atomic mass is 9.91. The van der Waals surface area contributed by atoms with Gasteiger partial charge >= 0.3 is 0 Å². The van der Waals surface area contributed by atoms with Gasteiger partial charge in [0.25, 0.3) is 0 Å². The van der Waals surface area contributed by atoms with Gasteiger partial charge in [0, 0.05) is 0 Å². The van der Waals surface area contributed by atoms with Crippen molar-refractivity contribution in [1.29, 1.82) is 0 Å². The number of hydrogen-bond acceptors (Lipinski definition) is 0. The maximum absolute atomic E-state index is 2.38. The fourth-order valence-electron chi connectivity index (χ4n) is 3.95. The van der Waals surface area contributed by atoms with Gasteiger partial charge in [-0.3, -0.25) is 0 Å². The van der Waals surface area contributed by atoms with Crippen molar-refractivity contribution in [2.45, 2.75) is 33.1 Å². The summed E-state index contributed by atoms with van der Waals surface area (Å²) in [4.78, 5) is 0. The average molecular weight is 312 g/mol. The van der Waals surface area contributed by atoms with Crippen LogP contribution in [-0.2, 0) is 6.42 Å². The van der Waals surface area contributed by atoms with Crippen LogP contribution in [0.25, 0.3) is 32.3 Å². The third-order valence-corrected chi connectivity index (χ3v) is 5.17. The van der Waals surface area contributed by atoms with E-state index in [1.807, 2.05) is 0 Å². The zero-order valence-corrected chi connectivity index (χ0v) is 14.5. The summed E-state index contributed by atoms with van der Waals surface area (Å²) < 4.78 is 0. The molecule has 0 radical (unpaired) electrons. The van der Waals surface area contributed by atoms with Crippen molar-refractivity contribution >= 4 is 32.3 Å². The smallest absolute Gasteiger partial charge is 0.00239 e. The highest BCUT2D eigenvalue weighted by Crippen LogP contribution is 2.36. The van der Waals surface area contributed by atoms with E-state index in [4.69, 9.17) is 0 Å². The fraction of sp³-hybridized carbons (Fsp3) is 0.250. The molecule has 4 aromatic carbocycles. The van der Waals surface area contributed by atoms with E-state index in [1.54, 1.807) is 0 Å². The van der Waals surface area contributed by atoms with Crippen LogP contribution < -0.4 is 0 Å². The molecule has 1 atom stereocenters. The molecule has 0 amide bonds. The van der Waals surface area contributed by atoms with Crippen molar-refractivity contribution in [1.82, 2.24) is 0 Å². The van der Waals surface area contributed by atoms with Gasteiger partial charge in [-0.1, -0.05) is 87.0 Å². The first-order valence-electron chi connectivity index (χ1n) is 9.10. The van der Waals surface area contributed by atoms with Crippen molar-refractivity contribution in [2.24, 2.45) is 5.92 Å². The SMILES string of the molecule is CCCC(C)C=CCc1ccc2ccc3cccc4ccc1c2c34. The van der Waals surface area contributed by atoms with Crippen LogP contribution in [0, 0.1) is 5.92 Å². The molecule has 0 nitrogen and oxygen atoms in total. The number of allylic oxidation sites excluding steroid dienone is 2. The molecule has 0 heterocycles. The molecule has 4 rings (SSSR count). The van der Waals surface area contributed by atoms with Gasteiger partial charge in [0.1, 0.15) is 0 Å². The van der Waals surface area contributed by atoms with Gasteiger partial charge in [-0.15, -0.1) is 0 Å². The van der Waals surface area contributed by atoms with Crippen molar-refractivity contribution < 1.29 is 0 Å². The Balaban J connectivity index is 1.82. The highest BCUT2D eigenvalue weighted by atomic mass is 14.1. The van der Waals surface area contributed by atoms with E-state index in [0.29, 0.717) is 5.92 Å². The molecule has 0 spiro atoms. The first kappa shape index (κ1) is 15.2. The Morgan fingerprint density at radius 3 is 2.25 bits per heavy atom. The second-order valence-corrected chi connectivity index (χ2v) is 6.98. The standard InChI is InChI=1S/C24H24/c1-3-6-17(2)7-4-8-18-11-12-21-14-13-19-9-5-10-20-15-16-22(18)24(21)23(19)20/h4-5,7,9-17H,3,6,8H2,1-2H3. The minimum atomic E-state index is 0.676. The Bertz CT molecular complexity index is 991. The highest BCUT2D eigenvalue weighted by molar-refractivity contribution is 6.23. The van der Waals surface area contributed by atoms with Crippen LogP contribution in [0.2, 0.25) is 0 Å². The van der Waals surface area contributed by atoms with E-state index in [1.165, 1.54) is 50.7 Å². The monoisotopic (exact) mass is 312 g/mol. The molecule has 0 saturated carbocycles. The molecule has 0 aliphatic heterocycles. The zero-order chi connectivity index (χ0) is 16.5. The maximum Gasteiger partial charge on any atom is -0.00239 e. The normalized spacial score (nSPS) is 13.6. The molecular weight excluding hydrogens is 288 g/mol. The molecule has 4 aromatic rings. The summed E-state index contributed by atoms with van der Waals surface area (Å²) in [5.74, 6) is 0.676. The van der Waals surface area contributed by atoms with E-state index in [9.17, 15) is 0 Å². The first-order chi connectivity index (χ1) is 11.8. The predicted octanol–water partition coefficient (Wildman–Crippen LogP) is 7.12. The molecular formula is C24H24. The summed E-state index contributed by atoms with van der Waals surface area (Å²) in [5.41, 5.74) is 1.43. The van der Waals surface area contributed by atoms with Gasteiger partial charge < -0.3 is 0 Å². The average Bonchev–Trinajstić information content (AvgIpc) is 2.61. The van der Waals surface area contributed by atoms with E-state index in [2.05, 4.69) is 80.6 Å². The summed E-state index contributed by atoms with van der Waals surface area (Å²) in [7, 11) is 0. The first-order valence-corrected chi connectivity index (χ1v) is 9.10. The molecule has 24 heavy (non-hydrogen) atoms. The maximum atomic E-state index is 2.38. The topological polar surface area (TPSA) is 0 Å². The molecule has 0 bridgehead atoms. The van der Waals surface area contributed by atoms with Crippen LogP contribution >= 0.6 is 0 Å². The summed E-state index contributed by atoms with van der Waals surface area (Å²) in [5, 5.41) is 8.28. The lowest BCUT2D eigenvalue weighted by Crippen LogP contribution is -1.91. The van der Waals surface area contributed by atoms with Gasteiger partial charge in [-0.05, 0) is 56.6 Å². The second kappa shape index (κ2) is 6.28. The minimum absolute atomic E-state index is 0.676. The molecule has 0 aliphatic rings. The summed E-state index contributed by atoms with van der Waals surface area (Å²) in [6.07, 6.45) is 8.27. The molecule has 1 unspecified atom stereocenters. The van der Waals surface area contributed by atoms with Gasteiger partial charge in [-0.25, -0.2) is 0 Å². The predicted molar refractivity (Wildman–Crippen MR) is 107 cm³/mol. The van der Waals surface area contributed by atoms with Crippen LogP contribution in [0.1, 0.15) is 32.3 Å². The summed E-state index contributed by atoms with van der Waals surface area (Å²) >= 11 is 0. The third kappa shape index (κ3) is 2.57. The molecule has 0 saturated heterocycles. The minimum Gasteiger partial charge on any atom is -0.0854 e. The molecule has 0 aromatic heterocycles. The lowest BCUT2D eigenvalue weighted by Gasteiger charge is -2.13. The highest BCUT2D eigenvalue weighted by Gasteiger charge is 2.09. The molecule has 0 fully saturated rings. The van der Waals surface area contributed by atoms with Crippen molar-refractivity contribution in [3.63, 3.8) is 0 Å². The zero-order valence-electron chi connectivity index (χ0n) is 14.5. The Labute approximate surface area is 144 Å². The Hall–Kier alpha value is -2.34. The fourth-order valence-corrected chi connectivity index (χ4v) is 3.95. The largest absolute Gasteiger partial charge is 0.0854 e. The van der Waals surface area contributed by atoms with Crippen molar-refractivity contribution in [3.8, 4) is 0 Å². The van der Waals surface area contributed by atoms with Gasteiger partial charge in [-0.2, -0.15) is 0 Å². The van der Waals surface area contributed by atoms with Gasteiger partial charge in [0.05, 0.1) is 0 Å². The van der Waals surface area contributed by atoms with E-state index in [-0.39, 0.29) is 0 Å².